The van der Waals surface area contributed by atoms with E-state index in [9.17, 15) is 18.0 Å². The first-order valence-electron chi connectivity index (χ1n) is 8.77. The van der Waals surface area contributed by atoms with Gasteiger partial charge in [0.05, 0.1) is 12.7 Å². The van der Waals surface area contributed by atoms with Crippen LogP contribution in [0.3, 0.4) is 0 Å². The standard InChI is InChI=1S/C18H21N3O5S2/c1-26-18(23)16-15(6-10-27-16)28(24,25)20-11-13-4-8-21(9-5-13)17(22)14-3-2-7-19-12-14/h2-3,6-7,10,12-13,20H,4-5,8-9,11H2,1H3. The highest BCUT2D eigenvalue weighted by molar-refractivity contribution is 7.89. The zero-order chi connectivity index (χ0) is 20.1. The van der Waals surface area contributed by atoms with Gasteiger partial charge in [-0.2, -0.15) is 0 Å². The molecule has 150 valence electrons. The summed E-state index contributed by atoms with van der Waals surface area (Å²) in [5, 5.41) is 1.54. The molecule has 10 heteroatoms. The van der Waals surface area contributed by atoms with Crippen LogP contribution in [0.5, 0.6) is 0 Å². The average molecular weight is 424 g/mol. The number of rotatable bonds is 6. The molecule has 0 aromatic carbocycles. The molecule has 1 saturated heterocycles. The van der Waals surface area contributed by atoms with E-state index in [-0.39, 0.29) is 28.1 Å². The second kappa shape index (κ2) is 8.80. The van der Waals surface area contributed by atoms with Crippen LogP contribution < -0.4 is 4.72 Å². The molecule has 2 aromatic rings. The summed E-state index contributed by atoms with van der Waals surface area (Å²) in [6.45, 7) is 1.38. The van der Waals surface area contributed by atoms with E-state index in [2.05, 4.69) is 14.4 Å². The second-order valence-electron chi connectivity index (χ2n) is 6.43. The lowest BCUT2D eigenvalue weighted by atomic mass is 9.97. The molecule has 8 nitrogen and oxygen atoms in total. The number of piperidine rings is 1. The van der Waals surface area contributed by atoms with Crippen LogP contribution in [0.25, 0.3) is 0 Å². The van der Waals surface area contributed by atoms with Crippen molar-refractivity contribution >= 4 is 33.2 Å². The minimum absolute atomic E-state index is 0.0615. The summed E-state index contributed by atoms with van der Waals surface area (Å²) in [7, 11) is -2.59. The van der Waals surface area contributed by atoms with Crippen LogP contribution in [0.1, 0.15) is 32.9 Å². The molecule has 1 N–H and O–H groups in total. The Hall–Kier alpha value is -2.30. The molecule has 28 heavy (non-hydrogen) atoms. The number of hydrogen-bond acceptors (Lipinski definition) is 7. The van der Waals surface area contributed by atoms with E-state index in [0.29, 0.717) is 31.5 Å². The zero-order valence-corrected chi connectivity index (χ0v) is 17.0. The van der Waals surface area contributed by atoms with Crippen molar-refractivity contribution < 1.29 is 22.7 Å². The molecular formula is C18H21N3O5S2. The molecule has 0 radical (unpaired) electrons. The van der Waals surface area contributed by atoms with Crippen molar-refractivity contribution in [2.75, 3.05) is 26.7 Å². The number of hydrogen-bond donors (Lipinski definition) is 1. The van der Waals surface area contributed by atoms with Gasteiger partial charge in [0, 0.05) is 32.0 Å². The van der Waals surface area contributed by atoms with Crippen molar-refractivity contribution in [3.8, 4) is 0 Å². The maximum atomic E-state index is 12.6. The van der Waals surface area contributed by atoms with E-state index in [4.69, 9.17) is 0 Å². The fraction of sp³-hybridized carbons (Fsp3) is 0.389. The number of amides is 1. The zero-order valence-electron chi connectivity index (χ0n) is 15.3. The largest absolute Gasteiger partial charge is 0.465 e. The highest BCUT2D eigenvalue weighted by atomic mass is 32.2. The summed E-state index contributed by atoms with van der Waals surface area (Å²) in [6.07, 6.45) is 4.56. The summed E-state index contributed by atoms with van der Waals surface area (Å²) >= 11 is 1.03. The minimum atomic E-state index is -3.80. The third kappa shape index (κ3) is 4.57. The van der Waals surface area contributed by atoms with Crippen LogP contribution in [0.15, 0.2) is 40.9 Å². The molecule has 1 amide bonds. The molecular weight excluding hydrogens is 402 g/mol. The van der Waals surface area contributed by atoms with E-state index in [1.807, 2.05) is 0 Å². The van der Waals surface area contributed by atoms with Crippen molar-refractivity contribution in [3.63, 3.8) is 0 Å². The second-order valence-corrected chi connectivity index (χ2v) is 9.09. The normalized spacial score (nSPS) is 15.4. The first kappa shape index (κ1) is 20.4. The third-order valence-corrected chi connectivity index (χ3v) is 7.15. The van der Waals surface area contributed by atoms with E-state index in [1.54, 1.807) is 34.8 Å². The van der Waals surface area contributed by atoms with Crippen LogP contribution in [-0.4, -0.2) is 56.9 Å². The van der Waals surface area contributed by atoms with Gasteiger partial charge in [-0.25, -0.2) is 17.9 Å². The van der Waals surface area contributed by atoms with Crippen LogP contribution in [0.4, 0.5) is 0 Å². The number of esters is 1. The predicted octanol–water partition coefficient (Wildman–Crippen LogP) is 1.76. The Morgan fingerprint density at radius 2 is 2.07 bits per heavy atom. The van der Waals surface area contributed by atoms with Crippen LogP contribution in [0, 0.1) is 5.92 Å². The van der Waals surface area contributed by atoms with Gasteiger partial charge in [0.15, 0.2) is 0 Å². The highest BCUT2D eigenvalue weighted by Crippen LogP contribution is 2.24. The molecule has 0 spiro atoms. The number of pyridine rings is 1. The molecule has 3 heterocycles. The Morgan fingerprint density at radius 1 is 1.32 bits per heavy atom. The molecule has 1 fully saturated rings. The summed E-state index contributed by atoms with van der Waals surface area (Å²) < 4.78 is 32.3. The van der Waals surface area contributed by atoms with Crippen LogP contribution in [-0.2, 0) is 14.8 Å². The van der Waals surface area contributed by atoms with Gasteiger partial charge in [-0.1, -0.05) is 0 Å². The molecule has 1 aliphatic heterocycles. The fourth-order valence-electron chi connectivity index (χ4n) is 3.07. The number of sulfonamides is 1. The lowest BCUT2D eigenvalue weighted by Crippen LogP contribution is -2.41. The summed E-state index contributed by atoms with van der Waals surface area (Å²) in [6, 6.07) is 4.85. The highest BCUT2D eigenvalue weighted by Gasteiger charge is 2.28. The van der Waals surface area contributed by atoms with Crippen molar-refractivity contribution in [2.45, 2.75) is 17.7 Å². The van der Waals surface area contributed by atoms with Gasteiger partial charge in [-0.3, -0.25) is 9.78 Å². The molecule has 3 rings (SSSR count). The molecule has 1 aliphatic rings. The van der Waals surface area contributed by atoms with Gasteiger partial charge in [-0.05, 0) is 42.3 Å². The minimum Gasteiger partial charge on any atom is -0.465 e. The number of aromatic nitrogens is 1. The fourth-order valence-corrected chi connectivity index (χ4v) is 5.52. The van der Waals surface area contributed by atoms with Gasteiger partial charge >= 0.3 is 5.97 Å². The van der Waals surface area contributed by atoms with Crippen molar-refractivity contribution in [2.24, 2.45) is 5.92 Å². The number of methoxy groups -OCH3 is 1. The summed E-state index contributed by atoms with van der Waals surface area (Å²) in [5.74, 6) is -0.612. The monoisotopic (exact) mass is 423 g/mol. The van der Waals surface area contributed by atoms with Gasteiger partial charge in [-0.15, -0.1) is 11.3 Å². The van der Waals surface area contributed by atoms with Crippen LogP contribution in [0.2, 0.25) is 0 Å². The number of ether oxygens (including phenoxy) is 1. The molecule has 0 bridgehead atoms. The Kier molecular flexibility index (Phi) is 6.42. The molecule has 0 atom stereocenters. The lowest BCUT2D eigenvalue weighted by molar-refractivity contribution is 0.0601. The molecule has 2 aromatic heterocycles. The quantitative estimate of drug-likeness (QED) is 0.710. The summed E-state index contributed by atoms with van der Waals surface area (Å²) in [5.41, 5.74) is 0.550. The summed E-state index contributed by atoms with van der Waals surface area (Å²) in [4.78, 5) is 29.9. The number of thiophene rings is 1. The number of likely N-dealkylation sites (tertiary alicyclic amines) is 1. The lowest BCUT2D eigenvalue weighted by Gasteiger charge is -2.32. The van der Waals surface area contributed by atoms with Gasteiger partial charge in [0.2, 0.25) is 10.0 Å². The predicted molar refractivity (Wildman–Crippen MR) is 104 cm³/mol. The molecule has 0 aliphatic carbocycles. The first-order valence-corrected chi connectivity index (χ1v) is 11.1. The third-order valence-electron chi connectivity index (χ3n) is 4.66. The first-order chi connectivity index (χ1) is 13.4. The van der Waals surface area contributed by atoms with Crippen LogP contribution >= 0.6 is 11.3 Å². The number of carbonyl (C=O) groups is 2. The maximum absolute atomic E-state index is 12.6. The average Bonchev–Trinajstić information content (AvgIpc) is 3.23. The van der Waals surface area contributed by atoms with Crippen molar-refractivity contribution in [1.82, 2.24) is 14.6 Å². The van der Waals surface area contributed by atoms with E-state index in [1.165, 1.54) is 13.2 Å². The van der Waals surface area contributed by atoms with Gasteiger partial charge in [0.1, 0.15) is 9.77 Å². The van der Waals surface area contributed by atoms with Crippen molar-refractivity contribution in [3.05, 3.63) is 46.4 Å². The van der Waals surface area contributed by atoms with E-state index >= 15 is 0 Å². The SMILES string of the molecule is COC(=O)c1sccc1S(=O)(=O)NCC1CCN(C(=O)c2cccnc2)CC1. The Bertz CT molecular complexity index is 935. The Labute approximate surface area is 167 Å². The van der Waals surface area contributed by atoms with Gasteiger partial charge in [0.25, 0.3) is 5.91 Å². The van der Waals surface area contributed by atoms with Gasteiger partial charge < -0.3 is 9.64 Å². The number of nitrogens with one attached hydrogen (secondary N) is 1. The smallest absolute Gasteiger partial charge is 0.349 e. The molecule has 0 unspecified atom stereocenters. The Balaban J connectivity index is 1.55. The number of nitrogens with zero attached hydrogens (tertiary/aromatic N) is 2. The van der Waals surface area contributed by atoms with Crippen molar-refractivity contribution in [1.29, 1.82) is 0 Å². The maximum Gasteiger partial charge on any atom is 0.349 e. The Morgan fingerprint density at radius 3 is 2.71 bits per heavy atom. The van der Waals surface area contributed by atoms with E-state index < -0.39 is 16.0 Å². The van der Waals surface area contributed by atoms with E-state index in [0.717, 1.165) is 11.3 Å². The molecule has 0 saturated carbocycles. The number of carbonyl (C=O) groups excluding carboxylic acids is 2. The topological polar surface area (TPSA) is 106 Å².